The van der Waals surface area contributed by atoms with Crippen LogP contribution in [0.2, 0.25) is 0 Å². The Morgan fingerprint density at radius 3 is 2.17 bits per heavy atom. The van der Waals surface area contributed by atoms with Gasteiger partial charge in [0.2, 0.25) is 0 Å². The van der Waals surface area contributed by atoms with Crippen LogP contribution >= 0.6 is 0 Å². The highest BCUT2D eigenvalue weighted by Gasteiger charge is 2.28. The lowest BCUT2D eigenvalue weighted by atomic mass is 10.1. The summed E-state index contributed by atoms with van der Waals surface area (Å²) in [4.78, 5) is 0.363. The van der Waals surface area contributed by atoms with Gasteiger partial charge in [-0.2, -0.15) is 0 Å². The highest BCUT2D eigenvalue weighted by molar-refractivity contribution is 7.93. The molecule has 2 rings (SSSR count). The number of aryl methyl sites for hydroxylation is 1. The molecule has 0 heterocycles. The molecule has 0 fully saturated rings. The van der Waals surface area contributed by atoms with E-state index in [-0.39, 0.29) is 0 Å². The van der Waals surface area contributed by atoms with Gasteiger partial charge in [0.15, 0.2) is 0 Å². The van der Waals surface area contributed by atoms with Crippen LogP contribution in [-0.4, -0.2) is 22.1 Å². The number of rotatable bonds is 5. The number of para-hydroxylation sites is 1. The molecular weight excluding hydrogens is 310 g/mol. The Morgan fingerprint density at radius 1 is 1.04 bits per heavy atom. The van der Waals surface area contributed by atoms with Gasteiger partial charge >= 0.3 is 0 Å². The number of sulfonamides is 1. The van der Waals surface area contributed by atoms with Crippen LogP contribution in [0.5, 0.6) is 5.75 Å². The highest BCUT2D eigenvalue weighted by atomic mass is 32.2. The Hall–Kier alpha value is -2.01. The van der Waals surface area contributed by atoms with E-state index < -0.39 is 10.0 Å². The van der Waals surface area contributed by atoms with Crippen molar-refractivity contribution in [2.24, 2.45) is 0 Å². The van der Waals surface area contributed by atoms with Crippen LogP contribution in [0.15, 0.2) is 41.3 Å². The van der Waals surface area contributed by atoms with Crippen molar-refractivity contribution in [1.29, 1.82) is 0 Å². The van der Waals surface area contributed by atoms with Crippen LogP contribution in [0, 0.1) is 20.8 Å². The van der Waals surface area contributed by atoms with Crippen molar-refractivity contribution in [3.8, 4) is 5.75 Å². The maximum atomic E-state index is 13.2. The number of hydrogen-bond donors (Lipinski definition) is 0. The van der Waals surface area contributed by atoms with Crippen molar-refractivity contribution in [2.75, 3.05) is 18.0 Å². The minimum absolute atomic E-state index is 0.363. The second-order valence-corrected chi connectivity index (χ2v) is 7.28. The van der Waals surface area contributed by atoms with Crippen molar-refractivity contribution in [1.82, 2.24) is 0 Å². The minimum Gasteiger partial charge on any atom is -0.496 e. The lowest BCUT2D eigenvalue weighted by Gasteiger charge is -2.26. The molecule has 4 nitrogen and oxygen atoms in total. The summed E-state index contributed by atoms with van der Waals surface area (Å²) in [5, 5.41) is 0. The van der Waals surface area contributed by atoms with Crippen LogP contribution in [0.25, 0.3) is 0 Å². The summed E-state index contributed by atoms with van der Waals surface area (Å²) in [6.07, 6.45) is 0. The zero-order valence-corrected chi connectivity index (χ0v) is 15.1. The third-order valence-corrected chi connectivity index (χ3v) is 6.27. The summed E-state index contributed by atoms with van der Waals surface area (Å²) in [7, 11) is -2.04. The second kappa shape index (κ2) is 6.62. The largest absolute Gasteiger partial charge is 0.496 e. The first-order chi connectivity index (χ1) is 10.8. The van der Waals surface area contributed by atoms with Gasteiger partial charge in [-0.05, 0) is 62.6 Å². The Labute approximate surface area is 138 Å². The zero-order chi connectivity index (χ0) is 17.2. The molecule has 5 heteroatoms. The van der Waals surface area contributed by atoms with E-state index in [4.69, 9.17) is 4.74 Å². The maximum Gasteiger partial charge on any atom is 0.264 e. The van der Waals surface area contributed by atoms with Crippen molar-refractivity contribution in [3.05, 3.63) is 53.1 Å². The molecule has 0 spiro atoms. The van der Waals surface area contributed by atoms with Gasteiger partial charge in [0, 0.05) is 6.54 Å². The van der Waals surface area contributed by atoms with Crippen LogP contribution < -0.4 is 9.04 Å². The van der Waals surface area contributed by atoms with E-state index >= 15 is 0 Å². The van der Waals surface area contributed by atoms with Gasteiger partial charge in [0.05, 0.1) is 17.7 Å². The predicted octanol–water partition coefficient (Wildman–Crippen LogP) is 3.84. The molecule has 0 N–H and O–H groups in total. The molecule has 2 aromatic carbocycles. The smallest absolute Gasteiger partial charge is 0.264 e. The lowest BCUT2D eigenvalue weighted by Crippen LogP contribution is -2.32. The normalized spacial score (nSPS) is 11.3. The van der Waals surface area contributed by atoms with Crippen LogP contribution in [0.4, 0.5) is 5.69 Å². The predicted molar refractivity (Wildman–Crippen MR) is 93.9 cm³/mol. The Kier molecular flexibility index (Phi) is 5.00. The number of nitrogens with zero attached hydrogens (tertiary/aromatic N) is 1. The molecule has 23 heavy (non-hydrogen) atoms. The van der Waals surface area contributed by atoms with Crippen LogP contribution in [0.3, 0.4) is 0 Å². The highest BCUT2D eigenvalue weighted by Crippen LogP contribution is 2.33. The number of ether oxygens (including phenoxy) is 1. The zero-order valence-electron chi connectivity index (χ0n) is 14.3. The quantitative estimate of drug-likeness (QED) is 0.835. The topological polar surface area (TPSA) is 46.6 Å². The molecule has 0 aliphatic heterocycles. The molecule has 0 aliphatic carbocycles. The first kappa shape index (κ1) is 17.3. The fourth-order valence-corrected chi connectivity index (χ4v) is 4.79. The molecule has 0 amide bonds. The van der Waals surface area contributed by atoms with Gasteiger partial charge in [-0.15, -0.1) is 0 Å². The lowest BCUT2D eigenvalue weighted by molar-refractivity contribution is 0.410. The van der Waals surface area contributed by atoms with Crippen molar-refractivity contribution < 1.29 is 13.2 Å². The first-order valence-electron chi connectivity index (χ1n) is 7.57. The molecule has 0 radical (unpaired) electrons. The fraction of sp³-hybridized carbons (Fsp3) is 0.333. The van der Waals surface area contributed by atoms with Gasteiger partial charge in [-0.1, -0.05) is 18.2 Å². The summed E-state index contributed by atoms with van der Waals surface area (Å²) in [6, 6.07) is 11.0. The van der Waals surface area contributed by atoms with Gasteiger partial charge in [0.1, 0.15) is 5.75 Å². The number of hydrogen-bond acceptors (Lipinski definition) is 3. The van der Waals surface area contributed by atoms with Gasteiger partial charge in [0.25, 0.3) is 10.0 Å². The SMILES string of the molecule is CCN(c1ccccc1)S(=O)(=O)c1c(C)cc(OC)c(C)c1C. The molecular formula is C18H23NO3S. The molecule has 0 saturated carbocycles. The molecule has 0 unspecified atom stereocenters. The first-order valence-corrected chi connectivity index (χ1v) is 9.01. The monoisotopic (exact) mass is 333 g/mol. The van der Waals surface area contributed by atoms with E-state index in [0.29, 0.717) is 28.4 Å². The number of anilines is 1. The van der Waals surface area contributed by atoms with Gasteiger partial charge in [-0.3, -0.25) is 4.31 Å². The van der Waals surface area contributed by atoms with Crippen molar-refractivity contribution in [3.63, 3.8) is 0 Å². The summed E-state index contributed by atoms with van der Waals surface area (Å²) < 4.78 is 33.3. The van der Waals surface area contributed by atoms with Crippen LogP contribution in [0.1, 0.15) is 23.6 Å². The van der Waals surface area contributed by atoms with E-state index in [1.807, 2.05) is 51.1 Å². The van der Waals surface area contributed by atoms with E-state index in [1.54, 1.807) is 20.1 Å². The van der Waals surface area contributed by atoms with E-state index in [0.717, 1.165) is 11.1 Å². The molecule has 0 atom stereocenters. The third-order valence-electron chi connectivity index (χ3n) is 4.08. The summed E-state index contributed by atoms with van der Waals surface area (Å²) >= 11 is 0. The molecule has 0 aromatic heterocycles. The number of benzene rings is 2. The molecule has 0 aliphatic rings. The van der Waals surface area contributed by atoms with Gasteiger partial charge < -0.3 is 4.74 Å². The molecule has 124 valence electrons. The average Bonchev–Trinajstić information content (AvgIpc) is 2.52. The maximum absolute atomic E-state index is 13.2. The van der Waals surface area contributed by atoms with E-state index in [1.165, 1.54) is 4.31 Å². The molecule has 0 saturated heterocycles. The summed E-state index contributed by atoms with van der Waals surface area (Å²) in [6.45, 7) is 7.73. The Bertz CT molecular complexity index is 799. The van der Waals surface area contributed by atoms with E-state index in [2.05, 4.69) is 0 Å². The number of methoxy groups -OCH3 is 1. The van der Waals surface area contributed by atoms with E-state index in [9.17, 15) is 8.42 Å². The van der Waals surface area contributed by atoms with Crippen molar-refractivity contribution >= 4 is 15.7 Å². The molecule has 2 aromatic rings. The molecule has 0 bridgehead atoms. The minimum atomic E-state index is -3.64. The Balaban J connectivity index is 2.67. The summed E-state index contributed by atoms with van der Waals surface area (Å²) in [5.41, 5.74) is 2.94. The summed E-state index contributed by atoms with van der Waals surface area (Å²) in [5.74, 6) is 0.710. The fourth-order valence-electron chi connectivity index (χ4n) is 2.83. The Morgan fingerprint density at radius 2 is 1.65 bits per heavy atom. The van der Waals surface area contributed by atoms with Crippen LogP contribution in [-0.2, 0) is 10.0 Å². The second-order valence-electron chi connectivity index (χ2n) is 5.48. The third kappa shape index (κ3) is 3.06. The standard InChI is InChI=1S/C18H23NO3S/c1-6-19(16-10-8-7-9-11-16)23(20,21)18-13(2)12-17(22-5)14(3)15(18)4/h7-12H,6H2,1-5H3. The van der Waals surface area contributed by atoms with Crippen molar-refractivity contribution in [2.45, 2.75) is 32.6 Å². The average molecular weight is 333 g/mol. The van der Waals surface area contributed by atoms with Gasteiger partial charge in [-0.25, -0.2) is 8.42 Å².